The Morgan fingerprint density at radius 3 is 2.75 bits per heavy atom. The van der Waals surface area contributed by atoms with Crippen molar-refractivity contribution >= 4 is 11.6 Å². The molecule has 2 aliphatic heterocycles. The monoisotopic (exact) mass is 322 g/mol. The van der Waals surface area contributed by atoms with Crippen LogP contribution in [-0.2, 0) is 11.2 Å². The van der Waals surface area contributed by atoms with Crippen molar-refractivity contribution in [3.8, 4) is 16.9 Å². The van der Waals surface area contributed by atoms with Crippen molar-refractivity contribution in [3.05, 3.63) is 48.0 Å². The molecule has 0 spiro atoms. The number of carbonyl (C=O) groups excluding carboxylic acids is 1. The molecular weight excluding hydrogens is 300 g/mol. The van der Waals surface area contributed by atoms with E-state index in [0.29, 0.717) is 0 Å². The normalized spacial score (nSPS) is 19.4. The lowest BCUT2D eigenvalue weighted by molar-refractivity contribution is -0.120. The summed E-state index contributed by atoms with van der Waals surface area (Å²) in [4.78, 5) is 14.8. The number of nitrogens with zero attached hydrogens (tertiary/aromatic N) is 1. The van der Waals surface area contributed by atoms with Crippen LogP contribution >= 0.6 is 0 Å². The Morgan fingerprint density at radius 1 is 1.21 bits per heavy atom. The molecular formula is C20H22N2O2. The number of methoxy groups -OCH3 is 1. The number of hydrogen-bond donors (Lipinski definition) is 1. The molecule has 124 valence electrons. The van der Waals surface area contributed by atoms with E-state index in [0.717, 1.165) is 43.8 Å². The van der Waals surface area contributed by atoms with E-state index >= 15 is 0 Å². The van der Waals surface area contributed by atoms with Crippen LogP contribution in [0.1, 0.15) is 18.4 Å². The van der Waals surface area contributed by atoms with E-state index < -0.39 is 0 Å². The summed E-state index contributed by atoms with van der Waals surface area (Å²) in [5.74, 6) is 1.08. The minimum absolute atomic E-state index is 0.0133. The molecule has 1 amide bonds. The number of nitrogens with one attached hydrogen (secondary N) is 1. The zero-order valence-corrected chi connectivity index (χ0v) is 13.9. The van der Waals surface area contributed by atoms with Crippen LogP contribution in [0.2, 0.25) is 0 Å². The number of fused-ring (bicyclic) bond motifs is 1. The number of hydrogen-bond acceptors (Lipinski definition) is 3. The van der Waals surface area contributed by atoms with Crippen LogP contribution in [0.4, 0.5) is 5.69 Å². The number of ether oxygens (including phenoxy) is 1. The summed E-state index contributed by atoms with van der Waals surface area (Å²) in [5.41, 5.74) is 4.72. The fourth-order valence-corrected chi connectivity index (χ4v) is 3.79. The summed E-state index contributed by atoms with van der Waals surface area (Å²) in [6.07, 6.45) is 2.95. The van der Waals surface area contributed by atoms with Crippen molar-refractivity contribution < 1.29 is 9.53 Å². The second-order valence-corrected chi connectivity index (χ2v) is 6.42. The van der Waals surface area contributed by atoms with Gasteiger partial charge in [0.25, 0.3) is 0 Å². The molecule has 2 aromatic carbocycles. The van der Waals surface area contributed by atoms with Crippen LogP contribution in [0.3, 0.4) is 0 Å². The maximum absolute atomic E-state index is 12.8. The van der Waals surface area contributed by atoms with Gasteiger partial charge in [-0.2, -0.15) is 0 Å². The molecule has 0 aromatic heterocycles. The third-order valence-corrected chi connectivity index (χ3v) is 5.05. The van der Waals surface area contributed by atoms with Gasteiger partial charge in [0.15, 0.2) is 0 Å². The van der Waals surface area contributed by atoms with E-state index in [4.69, 9.17) is 4.74 Å². The summed E-state index contributed by atoms with van der Waals surface area (Å²) >= 11 is 0. The molecule has 2 aliphatic rings. The van der Waals surface area contributed by atoms with Gasteiger partial charge in [0.05, 0.1) is 13.2 Å². The number of carbonyl (C=O) groups is 1. The molecule has 1 atom stereocenters. The van der Waals surface area contributed by atoms with Gasteiger partial charge in [-0.05, 0) is 60.7 Å². The van der Waals surface area contributed by atoms with Gasteiger partial charge in [-0.3, -0.25) is 4.79 Å². The first-order valence-electron chi connectivity index (χ1n) is 8.59. The summed E-state index contributed by atoms with van der Waals surface area (Å²) in [6, 6.07) is 14.4. The first-order chi connectivity index (χ1) is 11.8. The summed E-state index contributed by atoms with van der Waals surface area (Å²) in [7, 11) is 1.68. The topological polar surface area (TPSA) is 41.6 Å². The summed E-state index contributed by atoms with van der Waals surface area (Å²) < 4.78 is 5.24. The zero-order chi connectivity index (χ0) is 16.5. The fourth-order valence-electron chi connectivity index (χ4n) is 3.79. The summed E-state index contributed by atoms with van der Waals surface area (Å²) in [6.45, 7) is 1.72. The third kappa shape index (κ3) is 2.57. The maximum atomic E-state index is 12.8. The molecule has 4 nitrogen and oxygen atoms in total. The van der Waals surface area contributed by atoms with Crippen LogP contribution in [0.5, 0.6) is 5.75 Å². The highest BCUT2D eigenvalue weighted by atomic mass is 16.5. The van der Waals surface area contributed by atoms with Gasteiger partial charge < -0.3 is 15.0 Å². The van der Waals surface area contributed by atoms with Gasteiger partial charge in [-0.1, -0.05) is 24.3 Å². The van der Waals surface area contributed by atoms with Crippen molar-refractivity contribution in [1.29, 1.82) is 0 Å². The van der Waals surface area contributed by atoms with E-state index in [-0.39, 0.29) is 11.9 Å². The van der Waals surface area contributed by atoms with Crippen LogP contribution in [0.15, 0.2) is 42.5 Å². The van der Waals surface area contributed by atoms with Crippen molar-refractivity contribution in [2.75, 3.05) is 25.1 Å². The standard InChI is InChI=1S/C20H22N2O2/c1-24-15-9-7-14(8-10-15)16-4-2-6-19-17(16)11-13-22(19)20(23)18-5-3-12-21-18/h2,4,6-10,18,21H,3,5,11-13H2,1H3/t18-/m0/s1. The Bertz CT molecular complexity index is 749. The Balaban J connectivity index is 1.66. The number of amides is 1. The first kappa shape index (κ1) is 15.2. The average molecular weight is 322 g/mol. The van der Waals surface area contributed by atoms with Gasteiger partial charge in [0.1, 0.15) is 5.75 Å². The van der Waals surface area contributed by atoms with Gasteiger partial charge in [0, 0.05) is 12.2 Å². The average Bonchev–Trinajstić information content (AvgIpc) is 3.31. The maximum Gasteiger partial charge on any atom is 0.244 e. The lowest BCUT2D eigenvalue weighted by Crippen LogP contribution is -2.42. The molecule has 0 aliphatic carbocycles. The van der Waals surface area contributed by atoms with Gasteiger partial charge in [-0.15, -0.1) is 0 Å². The van der Waals surface area contributed by atoms with E-state index in [2.05, 4.69) is 29.6 Å². The predicted molar refractivity (Wildman–Crippen MR) is 95.5 cm³/mol. The van der Waals surface area contributed by atoms with Crippen molar-refractivity contribution in [3.63, 3.8) is 0 Å². The molecule has 0 unspecified atom stereocenters. The molecule has 0 radical (unpaired) electrons. The smallest absolute Gasteiger partial charge is 0.244 e. The van der Waals surface area contributed by atoms with Crippen LogP contribution in [-0.4, -0.2) is 32.1 Å². The molecule has 0 saturated carbocycles. The Labute approximate surface area is 142 Å². The fraction of sp³-hybridized carbons (Fsp3) is 0.350. The predicted octanol–water partition coefficient (Wildman–Crippen LogP) is 3.00. The second kappa shape index (κ2) is 6.29. The Morgan fingerprint density at radius 2 is 2.04 bits per heavy atom. The molecule has 4 heteroatoms. The summed E-state index contributed by atoms with van der Waals surface area (Å²) in [5, 5.41) is 3.32. The van der Waals surface area contributed by atoms with Gasteiger partial charge >= 0.3 is 0 Å². The number of benzene rings is 2. The van der Waals surface area contributed by atoms with E-state index in [1.807, 2.05) is 23.1 Å². The quantitative estimate of drug-likeness (QED) is 0.944. The van der Waals surface area contributed by atoms with Crippen LogP contribution < -0.4 is 15.0 Å². The minimum Gasteiger partial charge on any atom is -0.497 e. The van der Waals surface area contributed by atoms with Gasteiger partial charge in [-0.25, -0.2) is 0 Å². The zero-order valence-electron chi connectivity index (χ0n) is 13.9. The third-order valence-electron chi connectivity index (χ3n) is 5.05. The van der Waals surface area contributed by atoms with E-state index in [9.17, 15) is 4.79 Å². The first-order valence-corrected chi connectivity index (χ1v) is 8.59. The molecule has 2 aromatic rings. The molecule has 24 heavy (non-hydrogen) atoms. The van der Waals surface area contributed by atoms with Gasteiger partial charge in [0.2, 0.25) is 5.91 Å². The molecule has 4 rings (SSSR count). The lowest BCUT2D eigenvalue weighted by Gasteiger charge is -2.21. The van der Waals surface area contributed by atoms with Crippen LogP contribution in [0.25, 0.3) is 11.1 Å². The van der Waals surface area contributed by atoms with Crippen molar-refractivity contribution in [2.24, 2.45) is 0 Å². The van der Waals surface area contributed by atoms with Crippen molar-refractivity contribution in [1.82, 2.24) is 5.32 Å². The molecule has 1 saturated heterocycles. The molecule has 1 N–H and O–H groups in total. The van der Waals surface area contributed by atoms with Crippen LogP contribution in [0, 0.1) is 0 Å². The molecule has 1 fully saturated rings. The SMILES string of the molecule is COc1ccc(-c2cccc3c2CCN3C(=O)[C@@H]2CCCN2)cc1. The minimum atomic E-state index is -0.0133. The lowest BCUT2D eigenvalue weighted by atomic mass is 9.98. The molecule has 2 heterocycles. The highest BCUT2D eigenvalue weighted by Crippen LogP contribution is 2.37. The van der Waals surface area contributed by atoms with Crippen molar-refractivity contribution in [2.45, 2.75) is 25.3 Å². The molecule has 0 bridgehead atoms. The second-order valence-electron chi connectivity index (χ2n) is 6.42. The largest absolute Gasteiger partial charge is 0.497 e. The van der Waals surface area contributed by atoms with E-state index in [1.165, 1.54) is 16.7 Å². The highest BCUT2D eigenvalue weighted by molar-refractivity contribution is 6.00. The Kier molecular flexibility index (Phi) is 3.98. The number of anilines is 1. The number of rotatable bonds is 3. The highest BCUT2D eigenvalue weighted by Gasteiger charge is 2.32. The Hall–Kier alpha value is -2.33. The van der Waals surface area contributed by atoms with E-state index in [1.54, 1.807) is 7.11 Å².